The van der Waals surface area contributed by atoms with Crippen LogP contribution in [0.4, 0.5) is 26.3 Å². The lowest BCUT2D eigenvalue weighted by Gasteiger charge is -2.45. The molecule has 2 heterocycles. The zero-order valence-corrected chi connectivity index (χ0v) is 33.4. The number of carboxylic acids is 2. The summed E-state index contributed by atoms with van der Waals surface area (Å²) in [5, 5.41) is 17.0. The molecular formula is C37H48ClF6N5O8S. The molecular weight excluding hydrogens is 824 g/mol. The van der Waals surface area contributed by atoms with Gasteiger partial charge in [-0.25, -0.2) is 18.0 Å². The normalized spacial score (nSPS) is 19.6. The average molecular weight is 872 g/mol. The number of halogens is 7. The molecule has 0 spiro atoms. The van der Waals surface area contributed by atoms with Gasteiger partial charge in [-0.1, -0.05) is 67.3 Å². The van der Waals surface area contributed by atoms with E-state index >= 15 is 0 Å². The highest BCUT2D eigenvalue weighted by Gasteiger charge is 2.41. The van der Waals surface area contributed by atoms with Crippen molar-refractivity contribution in [1.29, 1.82) is 0 Å². The van der Waals surface area contributed by atoms with E-state index in [0.29, 0.717) is 37.6 Å². The third kappa shape index (κ3) is 14.4. The van der Waals surface area contributed by atoms with Gasteiger partial charge in [0.15, 0.2) is 9.84 Å². The summed E-state index contributed by atoms with van der Waals surface area (Å²) in [6.07, 6.45) is -3.04. The van der Waals surface area contributed by atoms with Gasteiger partial charge in [-0.05, 0) is 54.6 Å². The molecule has 5 N–H and O–H groups in total. The summed E-state index contributed by atoms with van der Waals surface area (Å²) in [7, 11) is -1.41. The quantitative estimate of drug-likeness (QED) is 0.244. The smallest absolute Gasteiger partial charge is 0.475 e. The summed E-state index contributed by atoms with van der Waals surface area (Å²) in [6.45, 7) is 2.77. The van der Waals surface area contributed by atoms with Crippen LogP contribution in [0.3, 0.4) is 0 Å². The first-order valence-electron chi connectivity index (χ1n) is 18.3. The van der Waals surface area contributed by atoms with Crippen molar-refractivity contribution in [3.63, 3.8) is 0 Å². The number of piperazine rings is 1. The molecule has 4 unspecified atom stereocenters. The number of carbonyl (C=O) groups excluding carboxylic acids is 2. The summed E-state index contributed by atoms with van der Waals surface area (Å²) in [6, 6.07) is 14.5. The molecule has 2 amide bonds. The van der Waals surface area contributed by atoms with Gasteiger partial charge >= 0.3 is 24.3 Å². The molecule has 2 aromatic carbocycles. The molecule has 5 rings (SSSR count). The van der Waals surface area contributed by atoms with Crippen LogP contribution in [-0.2, 0) is 42.0 Å². The van der Waals surface area contributed by atoms with Gasteiger partial charge in [-0.15, -0.1) is 0 Å². The highest BCUT2D eigenvalue weighted by atomic mass is 35.5. The van der Waals surface area contributed by atoms with Gasteiger partial charge in [-0.2, -0.15) is 26.3 Å². The zero-order valence-electron chi connectivity index (χ0n) is 31.8. The predicted molar refractivity (Wildman–Crippen MR) is 201 cm³/mol. The standard InChI is InChI=1S/C33H46ClN5O4S.2C2HF3O2/c1-37-22-25-10-6-7-11-27(25)29(37)21-30(40)36-28(20-23-12-14-26(34)15-13-23)33(41)39-18-16-38(17-19-39)31(32(35)44(2,42)43)24-8-4-3-5-9-24;2*3-2(4,5)1(6)7/h6-7,10-15,24,28-29,31-32H,3-5,8-9,16-22,35H2,1-2H3,(H,36,40);2*(H,6,7). The van der Waals surface area contributed by atoms with E-state index in [-0.39, 0.29) is 36.2 Å². The van der Waals surface area contributed by atoms with E-state index in [1.807, 2.05) is 31.3 Å². The van der Waals surface area contributed by atoms with Gasteiger partial charge in [0.05, 0.1) is 0 Å². The van der Waals surface area contributed by atoms with Gasteiger partial charge in [0.2, 0.25) is 11.8 Å². The molecule has 2 aromatic rings. The number of aliphatic carboxylic acids is 2. The molecule has 1 saturated carbocycles. The summed E-state index contributed by atoms with van der Waals surface area (Å²) < 4.78 is 88.6. The second kappa shape index (κ2) is 20.8. The van der Waals surface area contributed by atoms with E-state index in [2.05, 4.69) is 27.2 Å². The van der Waals surface area contributed by atoms with Crippen LogP contribution in [0.25, 0.3) is 0 Å². The number of alkyl halides is 6. The Bertz CT molecular complexity index is 1800. The molecule has 13 nitrogen and oxygen atoms in total. The average Bonchev–Trinajstić information content (AvgIpc) is 3.46. The molecule has 21 heteroatoms. The molecule has 3 aliphatic rings. The van der Waals surface area contributed by atoms with Crippen LogP contribution in [0.2, 0.25) is 5.02 Å². The molecule has 4 atom stereocenters. The number of fused-ring (bicyclic) bond motifs is 1. The number of hydrogen-bond acceptors (Lipinski definition) is 9. The number of carboxylic acid groups (broad SMARTS) is 2. The van der Waals surface area contributed by atoms with Crippen molar-refractivity contribution in [2.45, 2.75) is 87.3 Å². The first kappa shape index (κ1) is 48.4. The largest absolute Gasteiger partial charge is 0.490 e. The second-order valence-electron chi connectivity index (χ2n) is 14.4. The maximum Gasteiger partial charge on any atom is 0.490 e. The third-order valence-corrected chi connectivity index (χ3v) is 11.7. The van der Waals surface area contributed by atoms with Crippen molar-refractivity contribution in [2.24, 2.45) is 11.7 Å². The van der Waals surface area contributed by atoms with Gasteiger partial charge in [0.25, 0.3) is 0 Å². The maximum absolute atomic E-state index is 14.0. The first-order valence-corrected chi connectivity index (χ1v) is 20.6. The molecule has 1 aliphatic carbocycles. The van der Waals surface area contributed by atoms with Crippen LogP contribution in [0.15, 0.2) is 48.5 Å². The number of benzene rings is 2. The highest BCUT2D eigenvalue weighted by Crippen LogP contribution is 2.35. The minimum atomic E-state index is -5.08. The number of nitrogens with two attached hydrogens (primary N) is 1. The second-order valence-corrected chi connectivity index (χ2v) is 17.1. The summed E-state index contributed by atoms with van der Waals surface area (Å²) in [5.74, 6) is -5.58. The van der Waals surface area contributed by atoms with Gasteiger partial charge in [0.1, 0.15) is 11.4 Å². The lowest BCUT2D eigenvalue weighted by Crippen LogP contribution is -2.62. The molecule has 0 bridgehead atoms. The Morgan fingerprint density at radius 3 is 1.90 bits per heavy atom. The van der Waals surface area contributed by atoms with E-state index in [1.54, 1.807) is 17.0 Å². The molecule has 324 valence electrons. The lowest BCUT2D eigenvalue weighted by atomic mass is 9.83. The minimum absolute atomic E-state index is 0.0446. The van der Waals surface area contributed by atoms with Crippen LogP contribution >= 0.6 is 11.6 Å². The van der Waals surface area contributed by atoms with Crippen LogP contribution in [0.1, 0.15) is 61.3 Å². The Hall–Kier alpha value is -3.98. The Balaban J connectivity index is 0.000000550. The predicted octanol–water partition coefficient (Wildman–Crippen LogP) is 4.63. The monoisotopic (exact) mass is 871 g/mol. The number of rotatable bonds is 10. The van der Waals surface area contributed by atoms with E-state index in [0.717, 1.165) is 43.4 Å². The van der Waals surface area contributed by atoms with Gasteiger partial charge < -0.3 is 26.2 Å². The fourth-order valence-corrected chi connectivity index (χ4v) is 8.36. The zero-order chi connectivity index (χ0) is 43.6. The fraction of sp³-hybridized carbons (Fsp3) is 0.568. The van der Waals surface area contributed by atoms with Crippen molar-refractivity contribution in [1.82, 2.24) is 20.0 Å². The maximum atomic E-state index is 14.0. The number of carbonyl (C=O) groups is 4. The Kier molecular flexibility index (Phi) is 17.4. The minimum Gasteiger partial charge on any atom is -0.475 e. The third-order valence-electron chi connectivity index (χ3n) is 10.2. The van der Waals surface area contributed by atoms with Gasteiger partial charge in [-0.3, -0.25) is 19.4 Å². The molecule has 2 fully saturated rings. The van der Waals surface area contributed by atoms with Crippen molar-refractivity contribution < 1.29 is 64.2 Å². The van der Waals surface area contributed by atoms with E-state index in [9.17, 15) is 44.3 Å². The van der Waals surface area contributed by atoms with E-state index < -0.39 is 45.5 Å². The van der Waals surface area contributed by atoms with Crippen LogP contribution in [0, 0.1) is 5.92 Å². The summed E-state index contributed by atoms with van der Waals surface area (Å²) in [5.41, 5.74) is 9.67. The molecule has 58 heavy (non-hydrogen) atoms. The molecule has 0 aromatic heterocycles. The number of nitrogens with zero attached hydrogens (tertiary/aromatic N) is 3. The van der Waals surface area contributed by atoms with Crippen molar-refractivity contribution in [3.05, 3.63) is 70.2 Å². The van der Waals surface area contributed by atoms with Crippen molar-refractivity contribution in [2.75, 3.05) is 39.5 Å². The van der Waals surface area contributed by atoms with E-state index in [4.69, 9.17) is 37.1 Å². The summed E-state index contributed by atoms with van der Waals surface area (Å²) in [4.78, 5) is 51.4. The molecule has 0 radical (unpaired) electrons. The Labute approximate surface area is 337 Å². The molecule has 1 saturated heterocycles. The molecule has 2 aliphatic heterocycles. The number of amides is 2. The van der Waals surface area contributed by atoms with Crippen molar-refractivity contribution in [3.8, 4) is 0 Å². The lowest BCUT2D eigenvalue weighted by molar-refractivity contribution is -0.193. The van der Waals surface area contributed by atoms with E-state index in [1.165, 1.54) is 18.2 Å². The number of hydrogen-bond donors (Lipinski definition) is 4. The van der Waals surface area contributed by atoms with Crippen molar-refractivity contribution >= 4 is 45.2 Å². The topological polar surface area (TPSA) is 191 Å². The Morgan fingerprint density at radius 1 is 0.879 bits per heavy atom. The highest BCUT2D eigenvalue weighted by molar-refractivity contribution is 7.91. The van der Waals surface area contributed by atoms with Crippen LogP contribution in [0.5, 0.6) is 0 Å². The fourth-order valence-electron chi connectivity index (χ4n) is 7.33. The summed E-state index contributed by atoms with van der Waals surface area (Å²) >= 11 is 6.11. The van der Waals surface area contributed by atoms with Gasteiger partial charge in [0, 0.05) is 68.9 Å². The number of sulfone groups is 1. The Morgan fingerprint density at radius 2 is 1.40 bits per heavy atom. The van der Waals surface area contributed by atoms with Crippen LogP contribution < -0.4 is 11.1 Å². The first-order chi connectivity index (χ1) is 26.9. The van der Waals surface area contributed by atoms with Crippen LogP contribution in [-0.4, -0.2) is 126 Å². The SMILES string of the molecule is CN1Cc2ccccc2C1CC(=O)NC(Cc1ccc(Cl)cc1)C(=O)N1CCN(C(C2CCCCC2)C(N)S(C)(=O)=O)CC1.O=C(O)C(F)(F)F.O=C(O)C(F)(F)F. The number of nitrogens with one attached hydrogen (secondary N) is 1.